The van der Waals surface area contributed by atoms with Crippen molar-refractivity contribution in [2.45, 2.75) is 31.8 Å². The molecule has 2 aromatic rings. The van der Waals surface area contributed by atoms with Gasteiger partial charge in [0.05, 0.1) is 7.11 Å². The van der Waals surface area contributed by atoms with Gasteiger partial charge >= 0.3 is 12.0 Å². The Morgan fingerprint density at radius 2 is 2.07 bits per heavy atom. The third-order valence-corrected chi connectivity index (χ3v) is 4.16. The van der Waals surface area contributed by atoms with Crippen molar-refractivity contribution in [2.75, 3.05) is 13.7 Å². The van der Waals surface area contributed by atoms with E-state index >= 15 is 0 Å². The summed E-state index contributed by atoms with van der Waals surface area (Å²) in [6.45, 7) is 0.686. The van der Waals surface area contributed by atoms with Crippen LogP contribution < -0.4 is 21.1 Å². The number of aryl methyl sites for hydroxylation is 1. The van der Waals surface area contributed by atoms with Crippen LogP contribution in [0.1, 0.15) is 19.3 Å². The fraction of sp³-hybridized carbons (Fsp3) is 0.389. The summed E-state index contributed by atoms with van der Waals surface area (Å²) < 4.78 is 7.12. The minimum atomic E-state index is -1.11. The average Bonchev–Trinajstić information content (AvgIpc) is 3.04. The van der Waals surface area contributed by atoms with E-state index in [1.165, 1.54) is 0 Å². The number of carbonyl (C=O) groups is 3. The van der Waals surface area contributed by atoms with Gasteiger partial charge in [0.25, 0.3) is 0 Å². The molecular formula is C18H24N4O5. The smallest absolute Gasteiger partial charge is 0.326 e. The zero-order chi connectivity index (χ0) is 19.8. The molecule has 146 valence electrons. The second kappa shape index (κ2) is 9.46. The molecular weight excluding hydrogens is 352 g/mol. The van der Waals surface area contributed by atoms with E-state index in [0.717, 1.165) is 16.7 Å². The van der Waals surface area contributed by atoms with Crippen molar-refractivity contribution in [2.24, 2.45) is 5.73 Å². The van der Waals surface area contributed by atoms with Crippen LogP contribution in [0.3, 0.4) is 0 Å². The van der Waals surface area contributed by atoms with Crippen molar-refractivity contribution >= 4 is 28.8 Å². The highest BCUT2D eigenvalue weighted by atomic mass is 16.5. The summed E-state index contributed by atoms with van der Waals surface area (Å²) >= 11 is 0. The Hall–Kier alpha value is -3.23. The van der Waals surface area contributed by atoms with Crippen molar-refractivity contribution < 1.29 is 24.2 Å². The lowest BCUT2D eigenvalue weighted by Crippen LogP contribution is -2.41. The van der Waals surface area contributed by atoms with Gasteiger partial charge in [0.15, 0.2) is 0 Å². The van der Waals surface area contributed by atoms with E-state index in [1.54, 1.807) is 7.11 Å². The second-order valence-electron chi connectivity index (χ2n) is 6.08. The maximum Gasteiger partial charge on any atom is 0.326 e. The van der Waals surface area contributed by atoms with Gasteiger partial charge in [-0.3, -0.25) is 4.79 Å². The molecule has 1 atom stereocenters. The monoisotopic (exact) mass is 376 g/mol. The van der Waals surface area contributed by atoms with Crippen LogP contribution in [-0.2, 0) is 16.1 Å². The normalized spacial score (nSPS) is 11.7. The fourth-order valence-corrected chi connectivity index (χ4v) is 2.76. The molecule has 1 heterocycles. The Balaban J connectivity index is 1.86. The molecule has 0 bridgehead atoms. The number of ether oxygens (including phenoxy) is 1. The number of fused-ring (bicyclic) bond motifs is 1. The first-order valence-electron chi connectivity index (χ1n) is 8.59. The van der Waals surface area contributed by atoms with Crippen LogP contribution in [0.25, 0.3) is 10.9 Å². The van der Waals surface area contributed by atoms with E-state index < -0.39 is 18.0 Å². The van der Waals surface area contributed by atoms with Crippen molar-refractivity contribution in [3.05, 3.63) is 30.5 Å². The molecule has 0 aliphatic rings. The first kappa shape index (κ1) is 20.1. The van der Waals surface area contributed by atoms with Gasteiger partial charge < -0.3 is 30.8 Å². The number of methoxy groups -OCH3 is 1. The van der Waals surface area contributed by atoms with Crippen molar-refractivity contribution in [3.8, 4) is 5.75 Å². The van der Waals surface area contributed by atoms with E-state index in [0.29, 0.717) is 13.0 Å². The Kier molecular flexibility index (Phi) is 7.04. The van der Waals surface area contributed by atoms with Crippen molar-refractivity contribution in [1.29, 1.82) is 0 Å². The minimum absolute atomic E-state index is 0.152. The molecule has 2 rings (SSSR count). The summed E-state index contributed by atoms with van der Waals surface area (Å²) in [7, 11) is 1.60. The van der Waals surface area contributed by atoms with Crippen LogP contribution in [0.2, 0.25) is 0 Å². The summed E-state index contributed by atoms with van der Waals surface area (Å²) in [5.74, 6) is -0.699. The highest BCUT2D eigenvalue weighted by molar-refractivity contribution is 5.84. The zero-order valence-corrected chi connectivity index (χ0v) is 15.1. The predicted molar refractivity (Wildman–Crippen MR) is 99.5 cm³/mol. The highest BCUT2D eigenvalue weighted by Gasteiger charge is 2.19. The molecule has 1 aromatic heterocycles. The first-order valence-corrected chi connectivity index (χ1v) is 8.59. The number of aromatic nitrogens is 1. The van der Waals surface area contributed by atoms with Gasteiger partial charge in [0, 0.05) is 36.6 Å². The number of hydrogen-bond acceptors (Lipinski definition) is 4. The topological polar surface area (TPSA) is 136 Å². The molecule has 0 radical (unpaired) electrons. The lowest BCUT2D eigenvalue weighted by atomic mass is 10.1. The number of nitrogens with two attached hydrogens (primary N) is 1. The van der Waals surface area contributed by atoms with E-state index in [-0.39, 0.29) is 25.3 Å². The highest BCUT2D eigenvalue weighted by Crippen LogP contribution is 2.22. The third kappa shape index (κ3) is 5.91. The fourth-order valence-electron chi connectivity index (χ4n) is 2.76. The summed E-state index contributed by atoms with van der Waals surface area (Å²) in [4.78, 5) is 34.0. The molecule has 0 aliphatic heterocycles. The SMILES string of the molecule is COc1ccc2c(ccn2CCC(=O)N[C@H](CCCNC(N)=O)C(=O)O)c1. The van der Waals surface area contributed by atoms with E-state index in [9.17, 15) is 19.5 Å². The molecule has 9 heteroatoms. The van der Waals surface area contributed by atoms with E-state index in [2.05, 4.69) is 10.6 Å². The molecule has 27 heavy (non-hydrogen) atoms. The molecule has 3 amide bonds. The van der Waals surface area contributed by atoms with Gasteiger partial charge in [-0.15, -0.1) is 0 Å². The Morgan fingerprint density at radius 3 is 2.74 bits per heavy atom. The second-order valence-corrected chi connectivity index (χ2v) is 6.08. The van der Waals surface area contributed by atoms with Crippen LogP contribution >= 0.6 is 0 Å². The number of nitrogens with one attached hydrogen (secondary N) is 2. The zero-order valence-electron chi connectivity index (χ0n) is 15.1. The van der Waals surface area contributed by atoms with Gasteiger partial charge in [0.1, 0.15) is 11.8 Å². The number of primary amides is 1. The number of rotatable bonds is 10. The largest absolute Gasteiger partial charge is 0.497 e. The molecule has 0 fully saturated rings. The van der Waals surface area contributed by atoms with E-state index in [1.807, 2.05) is 35.0 Å². The molecule has 5 N–H and O–H groups in total. The molecule has 0 saturated carbocycles. The molecule has 9 nitrogen and oxygen atoms in total. The number of benzene rings is 1. The molecule has 0 unspecified atom stereocenters. The van der Waals surface area contributed by atoms with Crippen LogP contribution in [0.15, 0.2) is 30.5 Å². The third-order valence-electron chi connectivity index (χ3n) is 4.16. The van der Waals surface area contributed by atoms with Gasteiger partial charge in [-0.2, -0.15) is 0 Å². The van der Waals surface area contributed by atoms with Crippen LogP contribution in [-0.4, -0.2) is 47.3 Å². The number of amides is 3. The summed E-state index contributed by atoms with van der Waals surface area (Å²) in [6.07, 6.45) is 2.62. The molecule has 1 aromatic carbocycles. The molecule has 0 aliphatic carbocycles. The standard InChI is InChI=1S/C18H24N4O5/c1-27-13-4-5-15-12(11-13)6-9-22(15)10-7-16(23)21-14(17(24)25)3-2-8-20-18(19)26/h4-6,9,11,14H,2-3,7-8,10H2,1H3,(H,21,23)(H,24,25)(H3,19,20,26)/t14-/m1/s1. The Bertz CT molecular complexity index is 817. The van der Waals surface area contributed by atoms with Crippen molar-refractivity contribution in [1.82, 2.24) is 15.2 Å². The van der Waals surface area contributed by atoms with Crippen LogP contribution in [0.5, 0.6) is 5.75 Å². The summed E-state index contributed by atoms with van der Waals surface area (Å²) in [5.41, 5.74) is 5.91. The Labute approximate surface area is 156 Å². The predicted octanol–water partition coefficient (Wildman–Crippen LogP) is 1.06. The van der Waals surface area contributed by atoms with Gasteiger partial charge in [-0.25, -0.2) is 9.59 Å². The van der Waals surface area contributed by atoms with Crippen LogP contribution in [0.4, 0.5) is 4.79 Å². The summed E-state index contributed by atoms with van der Waals surface area (Å²) in [5, 5.41) is 15.1. The maximum atomic E-state index is 12.1. The van der Waals surface area contributed by atoms with Gasteiger partial charge in [-0.05, 0) is 37.1 Å². The lowest BCUT2D eigenvalue weighted by Gasteiger charge is -2.15. The minimum Gasteiger partial charge on any atom is -0.497 e. The molecule has 0 spiro atoms. The number of aliphatic carboxylic acids is 1. The number of hydrogen-bond donors (Lipinski definition) is 4. The number of carbonyl (C=O) groups excluding carboxylic acids is 2. The number of carboxylic acids is 1. The van der Waals surface area contributed by atoms with Gasteiger partial charge in [-0.1, -0.05) is 0 Å². The van der Waals surface area contributed by atoms with Crippen molar-refractivity contribution in [3.63, 3.8) is 0 Å². The van der Waals surface area contributed by atoms with Crippen LogP contribution in [0, 0.1) is 0 Å². The number of carboxylic acid groups (broad SMARTS) is 1. The quantitative estimate of drug-likeness (QED) is 0.460. The Morgan fingerprint density at radius 1 is 1.30 bits per heavy atom. The van der Waals surface area contributed by atoms with E-state index in [4.69, 9.17) is 10.5 Å². The number of nitrogens with zero attached hydrogens (tertiary/aromatic N) is 1. The maximum absolute atomic E-state index is 12.1. The first-order chi connectivity index (χ1) is 12.9. The average molecular weight is 376 g/mol. The molecule has 0 saturated heterocycles. The lowest BCUT2D eigenvalue weighted by molar-refractivity contribution is -0.142. The van der Waals surface area contributed by atoms with Gasteiger partial charge in [0.2, 0.25) is 5.91 Å². The number of urea groups is 1. The summed E-state index contributed by atoms with van der Waals surface area (Å²) in [6, 6.07) is 5.94.